The standard InChI is InChI=1S/C11H16N2O4S/c1-13(2)18(15,16)12-8-10(14)9-6-4-5-7-11(9)17-3/h4-7,12H,8H2,1-3H3. The minimum Gasteiger partial charge on any atom is -0.496 e. The molecule has 0 aliphatic heterocycles. The first kappa shape index (κ1) is 14.6. The van der Waals surface area contributed by atoms with E-state index >= 15 is 0 Å². The lowest BCUT2D eigenvalue weighted by Crippen LogP contribution is -2.38. The van der Waals surface area contributed by atoms with Crippen molar-refractivity contribution in [3.8, 4) is 5.75 Å². The Balaban J connectivity index is 2.78. The van der Waals surface area contributed by atoms with Gasteiger partial charge in [-0.15, -0.1) is 0 Å². The lowest BCUT2D eigenvalue weighted by atomic mass is 10.1. The van der Waals surface area contributed by atoms with Crippen LogP contribution in [0.2, 0.25) is 0 Å². The summed E-state index contributed by atoms with van der Waals surface area (Å²) in [4.78, 5) is 11.9. The second-order valence-electron chi connectivity index (χ2n) is 3.73. The molecule has 1 aromatic carbocycles. The van der Waals surface area contributed by atoms with Crippen molar-refractivity contribution >= 4 is 16.0 Å². The second-order valence-corrected chi connectivity index (χ2v) is 5.70. The van der Waals surface area contributed by atoms with E-state index in [1.54, 1.807) is 24.3 Å². The highest BCUT2D eigenvalue weighted by Crippen LogP contribution is 2.17. The smallest absolute Gasteiger partial charge is 0.279 e. The number of hydrogen-bond acceptors (Lipinski definition) is 4. The van der Waals surface area contributed by atoms with Gasteiger partial charge in [0.1, 0.15) is 5.75 Å². The molecule has 0 aliphatic carbocycles. The lowest BCUT2D eigenvalue weighted by Gasteiger charge is -2.12. The average molecular weight is 272 g/mol. The number of ketones is 1. The van der Waals surface area contributed by atoms with Crippen LogP contribution in [0.5, 0.6) is 5.75 Å². The number of para-hydroxylation sites is 1. The van der Waals surface area contributed by atoms with Crippen molar-refractivity contribution in [2.24, 2.45) is 0 Å². The van der Waals surface area contributed by atoms with Gasteiger partial charge in [0.05, 0.1) is 19.2 Å². The van der Waals surface area contributed by atoms with E-state index in [0.29, 0.717) is 11.3 Å². The van der Waals surface area contributed by atoms with Crippen LogP contribution in [0.3, 0.4) is 0 Å². The van der Waals surface area contributed by atoms with Gasteiger partial charge >= 0.3 is 0 Å². The minimum atomic E-state index is -3.60. The molecule has 0 heterocycles. The van der Waals surface area contributed by atoms with Crippen LogP contribution >= 0.6 is 0 Å². The Labute approximate surface area is 107 Å². The van der Waals surface area contributed by atoms with Crippen LogP contribution < -0.4 is 9.46 Å². The molecule has 0 fully saturated rings. The molecule has 0 amide bonds. The molecule has 0 atom stereocenters. The van der Waals surface area contributed by atoms with Crippen LogP contribution in [0.4, 0.5) is 0 Å². The summed E-state index contributed by atoms with van der Waals surface area (Å²) in [7, 11) is 0.625. The van der Waals surface area contributed by atoms with E-state index in [-0.39, 0.29) is 12.3 Å². The molecule has 0 unspecified atom stereocenters. The van der Waals surface area contributed by atoms with Gasteiger partial charge in [-0.05, 0) is 12.1 Å². The van der Waals surface area contributed by atoms with E-state index in [1.165, 1.54) is 21.2 Å². The zero-order valence-corrected chi connectivity index (χ0v) is 11.3. The molecule has 18 heavy (non-hydrogen) atoms. The number of Topliss-reactive ketones (excluding diaryl/α,β-unsaturated/α-hetero) is 1. The van der Waals surface area contributed by atoms with Gasteiger partial charge < -0.3 is 4.74 Å². The third-order valence-corrected chi connectivity index (χ3v) is 3.77. The van der Waals surface area contributed by atoms with Crippen molar-refractivity contribution in [3.63, 3.8) is 0 Å². The third-order valence-electron chi connectivity index (χ3n) is 2.30. The summed E-state index contributed by atoms with van der Waals surface area (Å²) in [5, 5.41) is 0. The van der Waals surface area contributed by atoms with Crippen molar-refractivity contribution in [2.45, 2.75) is 0 Å². The quantitative estimate of drug-likeness (QED) is 0.754. The zero-order valence-electron chi connectivity index (χ0n) is 10.5. The minimum absolute atomic E-state index is 0.305. The molecule has 1 aromatic rings. The number of hydrogen-bond donors (Lipinski definition) is 1. The van der Waals surface area contributed by atoms with E-state index < -0.39 is 10.2 Å². The summed E-state index contributed by atoms with van der Waals surface area (Å²) >= 11 is 0. The monoisotopic (exact) mass is 272 g/mol. The van der Waals surface area contributed by atoms with E-state index in [2.05, 4.69) is 4.72 Å². The maximum atomic E-state index is 11.9. The molecule has 1 N–H and O–H groups in total. The lowest BCUT2D eigenvalue weighted by molar-refractivity contribution is 0.0993. The van der Waals surface area contributed by atoms with Crippen LogP contribution in [0.15, 0.2) is 24.3 Å². The van der Waals surface area contributed by atoms with E-state index in [0.717, 1.165) is 4.31 Å². The summed E-state index contributed by atoms with van der Waals surface area (Å²) in [6, 6.07) is 6.66. The summed E-state index contributed by atoms with van der Waals surface area (Å²) < 4.78 is 31.1. The number of benzene rings is 1. The van der Waals surface area contributed by atoms with Gasteiger partial charge in [0.2, 0.25) is 0 Å². The number of ether oxygens (including phenoxy) is 1. The van der Waals surface area contributed by atoms with Crippen LogP contribution in [0.25, 0.3) is 0 Å². The molecule has 7 heteroatoms. The van der Waals surface area contributed by atoms with Gasteiger partial charge in [-0.3, -0.25) is 4.79 Å². The van der Waals surface area contributed by atoms with E-state index in [1.807, 2.05) is 0 Å². The van der Waals surface area contributed by atoms with Gasteiger partial charge in [0.25, 0.3) is 10.2 Å². The number of rotatable bonds is 6. The van der Waals surface area contributed by atoms with Gasteiger partial charge in [0.15, 0.2) is 5.78 Å². The molecule has 0 saturated carbocycles. The third kappa shape index (κ3) is 3.52. The fourth-order valence-electron chi connectivity index (χ4n) is 1.26. The molecule has 0 aromatic heterocycles. The Morgan fingerprint density at radius 3 is 2.50 bits per heavy atom. The first-order chi connectivity index (χ1) is 8.38. The molecule has 0 radical (unpaired) electrons. The highest BCUT2D eigenvalue weighted by Gasteiger charge is 2.17. The maximum absolute atomic E-state index is 11.9. The first-order valence-electron chi connectivity index (χ1n) is 5.22. The van der Waals surface area contributed by atoms with E-state index in [9.17, 15) is 13.2 Å². The first-order valence-corrected chi connectivity index (χ1v) is 6.66. The fourth-order valence-corrected chi connectivity index (χ4v) is 1.83. The van der Waals surface area contributed by atoms with Crippen molar-refractivity contribution in [2.75, 3.05) is 27.7 Å². The number of carbonyl (C=O) groups is 1. The van der Waals surface area contributed by atoms with Gasteiger partial charge in [0, 0.05) is 14.1 Å². The average Bonchev–Trinajstić information content (AvgIpc) is 2.35. The Morgan fingerprint density at radius 1 is 1.33 bits per heavy atom. The molecule has 100 valence electrons. The molecule has 0 bridgehead atoms. The van der Waals surface area contributed by atoms with E-state index in [4.69, 9.17) is 4.74 Å². The molecule has 0 aliphatic rings. The normalized spacial score (nSPS) is 11.6. The highest BCUT2D eigenvalue weighted by atomic mass is 32.2. The summed E-state index contributed by atoms with van der Waals surface area (Å²) in [6.07, 6.45) is 0. The molecular formula is C11H16N2O4S. The zero-order chi connectivity index (χ0) is 13.8. The van der Waals surface area contributed by atoms with Gasteiger partial charge in [-0.2, -0.15) is 17.4 Å². The predicted molar refractivity (Wildman–Crippen MR) is 67.9 cm³/mol. The number of nitrogens with one attached hydrogen (secondary N) is 1. The molecule has 6 nitrogen and oxygen atoms in total. The van der Waals surface area contributed by atoms with Crippen LogP contribution in [0.1, 0.15) is 10.4 Å². The fraction of sp³-hybridized carbons (Fsp3) is 0.364. The van der Waals surface area contributed by atoms with Crippen molar-refractivity contribution in [1.29, 1.82) is 0 Å². The SMILES string of the molecule is COc1ccccc1C(=O)CNS(=O)(=O)N(C)C. The summed E-state index contributed by atoms with van der Waals surface area (Å²) in [6.45, 7) is -0.305. The number of carbonyl (C=O) groups excluding carboxylic acids is 1. The Hall–Kier alpha value is -1.44. The van der Waals surface area contributed by atoms with Crippen LogP contribution in [0, 0.1) is 0 Å². The Bertz CT molecular complexity index is 526. The van der Waals surface area contributed by atoms with Crippen LogP contribution in [-0.2, 0) is 10.2 Å². The van der Waals surface area contributed by atoms with Crippen molar-refractivity contribution in [1.82, 2.24) is 9.03 Å². The molecule has 0 spiro atoms. The maximum Gasteiger partial charge on any atom is 0.279 e. The second kappa shape index (κ2) is 5.94. The van der Waals surface area contributed by atoms with Crippen molar-refractivity contribution in [3.05, 3.63) is 29.8 Å². The number of methoxy groups -OCH3 is 1. The highest BCUT2D eigenvalue weighted by molar-refractivity contribution is 7.87. The molecule has 1 rings (SSSR count). The molecule has 0 saturated heterocycles. The Kier molecular flexibility index (Phi) is 4.83. The summed E-state index contributed by atoms with van der Waals surface area (Å²) in [5.74, 6) is 0.0735. The molecular weight excluding hydrogens is 256 g/mol. The van der Waals surface area contributed by atoms with Crippen LogP contribution in [-0.4, -0.2) is 46.3 Å². The topological polar surface area (TPSA) is 75.7 Å². The summed E-state index contributed by atoms with van der Waals surface area (Å²) in [5.41, 5.74) is 0.349. The van der Waals surface area contributed by atoms with Gasteiger partial charge in [-0.1, -0.05) is 12.1 Å². The predicted octanol–water partition coefficient (Wildman–Crippen LogP) is 0.274. The Morgan fingerprint density at radius 2 is 1.94 bits per heavy atom. The number of nitrogens with zero attached hydrogens (tertiary/aromatic N) is 1. The van der Waals surface area contributed by atoms with Gasteiger partial charge in [-0.25, -0.2) is 0 Å². The van der Waals surface area contributed by atoms with Crippen molar-refractivity contribution < 1.29 is 17.9 Å². The largest absolute Gasteiger partial charge is 0.496 e.